The van der Waals surface area contributed by atoms with E-state index in [0.717, 1.165) is 23.0 Å². The zero-order valence-corrected chi connectivity index (χ0v) is 13.9. The van der Waals surface area contributed by atoms with Gasteiger partial charge in [0.05, 0.1) is 17.8 Å². The summed E-state index contributed by atoms with van der Waals surface area (Å²) in [6, 6.07) is 4.05. The molecule has 5 nitrogen and oxygen atoms in total. The number of fused-ring (bicyclic) bond motifs is 1. The van der Waals surface area contributed by atoms with Gasteiger partial charge in [0, 0.05) is 31.4 Å². The molecule has 3 rings (SSSR count). The Morgan fingerprint density at radius 2 is 1.86 bits per heavy atom. The summed E-state index contributed by atoms with van der Waals surface area (Å²) >= 11 is 0. The number of aromatic nitrogens is 2. The minimum absolute atomic E-state index is 0.341. The first-order valence-electron chi connectivity index (χ1n) is 7.64. The van der Waals surface area contributed by atoms with Gasteiger partial charge in [0.1, 0.15) is 5.65 Å². The lowest BCUT2D eigenvalue weighted by molar-refractivity contribution is 0.00578. The number of methoxy groups -OCH3 is 1. The molecule has 2 aromatic rings. The fraction of sp³-hybridized carbons (Fsp3) is 0.562. The molecule has 1 aliphatic rings. The fourth-order valence-electron chi connectivity index (χ4n) is 2.66. The summed E-state index contributed by atoms with van der Waals surface area (Å²) in [4.78, 5) is 4.50. The zero-order valence-electron chi connectivity index (χ0n) is 13.9. The normalized spacial score (nSPS) is 20.0. The Morgan fingerprint density at radius 3 is 2.50 bits per heavy atom. The maximum atomic E-state index is 6.16. The van der Waals surface area contributed by atoms with Crippen LogP contribution in [0.5, 0.6) is 0 Å². The van der Waals surface area contributed by atoms with Gasteiger partial charge in [-0.3, -0.25) is 0 Å². The summed E-state index contributed by atoms with van der Waals surface area (Å²) in [6.45, 7) is 9.70. The van der Waals surface area contributed by atoms with Gasteiger partial charge in [-0.15, -0.1) is 0 Å². The Bertz CT molecular complexity index is 665. The van der Waals surface area contributed by atoms with Crippen LogP contribution >= 0.6 is 0 Å². The van der Waals surface area contributed by atoms with Crippen LogP contribution in [0.3, 0.4) is 0 Å². The highest BCUT2D eigenvalue weighted by atomic mass is 16.7. The Kier molecular flexibility index (Phi) is 3.79. The van der Waals surface area contributed by atoms with E-state index in [9.17, 15) is 0 Å². The maximum Gasteiger partial charge on any atom is 0.495 e. The summed E-state index contributed by atoms with van der Waals surface area (Å²) < 4.78 is 19.6. The van der Waals surface area contributed by atoms with E-state index >= 15 is 0 Å². The van der Waals surface area contributed by atoms with Gasteiger partial charge < -0.3 is 18.6 Å². The number of hydrogen-bond donors (Lipinski definition) is 0. The second kappa shape index (κ2) is 5.37. The van der Waals surface area contributed by atoms with Gasteiger partial charge in [-0.25, -0.2) is 4.98 Å². The van der Waals surface area contributed by atoms with E-state index in [1.165, 1.54) is 0 Å². The van der Waals surface area contributed by atoms with Crippen LogP contribution in [0.1, 0.15) is 27.7 Å². The van der Waals surface area contributed by atoms with Gasteiger partial charge in [-0.05, 0) is 45.3 Å². The molecule has 118 valence electrons. The van der Waals surface area contributed by atoms with Gasteiger partial charge in [-0.1, -0.05) is 0 Å². The number of pyridine rings is 1. The van der Waals surface area contributed by atoms with Crippen LogP contribution in [0.2, 0.25) is 0 Å². The van der Waals surface area contributed by atoms with Crippen molar-refractivity contribution in [1.29, 1.82) is 0 Å². The Labute approximate surface area is 131 Å². The summed E-state index contributed by atoms with van der Waals surface area (Å²) in [5.41, 5.74) is 1.28. The summed E-state index contributed by atoms with van der Waals surface area (Å²) in [5.74, 6) is 0. The van der Waals surface area contributed by atoms with Crippen molar-refractivity contribution in [2.45, 2.75) is 45.4 Å². The van der Waals surface area contributed by atoms with E-state index in [-0.39, 0.29) is 18.3 Å². The molecule has 1 fully saturated rings. The average molecular weight is 302 g/mol. The van der Waals surface area contributed by atoms with Crippen molar-refractivity contribution >= 4 is 23.6 Å². The highest BCUT2D eigenvalue weighted by Crippen LogP contribution is 2.36. The molecular formula is C16H23BN2O3. The van der Waals surface area contributed by atoms with Crippen LogP contribution in [0.25, 0.3) is 11.0 Å². The number of rotatable bonds is 4. The first kappa shape index (κ1) is 15.5. The molecule has 1 saturated heterocycles. The minimum atomic E-state index is -0.367. The molecule has 0 amide bonds. The number of ether oxygens (including phenoxy) is 1. The lowest BCUT2D eigenvalue weighted by atomic mass is 9.78. The van der Waals surface area contributed by atoms with E-state index in [1.54, 1.807) is 7.11 Å². The summed E-state index contributed by atoms with van der Waals surface area (Å²) in [7, 11) is 1.34. The Hall–Kier alpha value is -1.37. The molecule has 1 aliphatic heterocycles. The second-order valence-electron chi connectivity index (χ2n) is 6.73. The first-order chi connectivity index (χ1) is 10.4. The van der Waals surface area contributed by atoms with Crippen molar-refractivity contribution in [2.75, 3.05) is 13.7 Å². The molecule has 0 atom stereocenters. The van der Waals surface area contributed by atoms with Crippen molar-refractivity contribution in [2.24, 2.45) is 0 Å². The van der Waals surface area contributed by atoms with Crippen molar-refractivity contribution < 1.29 is 14.0 Å². The Morgan fingerprint density at radius 1 is 1.18 bits per heavy atom. The average Bonchev–Trinajstić information content (AvgIpc) is 2.95. The molecule has 22 heavy (non-hydrogen) atoms. The largest absolute Gasteiger partial charge is 0.495 e. The van der Waals surface area contributed by atoms with Crippen molar-refractivity contribution in [3.8, 4) is 0 Å². The SMILES string of the molecule is COCCn1ccc2c(B3OC(C)(C)C(C)(C)O3)ccnc21. The van der Waals surface area contributed by atoms with Crippen LogP contribution < -0.4 is 5.46 Å². The van der Waals surface area contributed by atoms with Crippen LogP contribution in [-0.4, -0.2) is 41.6 Å². The number of nitrogens with zero attached hydrogens (tertiary/aromatic N) is 2. The predicted octanol–water partition coefficient (Wildman–Crippen LogP) is 1.98. The van der Waals surface area contributed by atoms with E-state index in [1.807, 2.05) is 18.5 Å². The van der Waals surface area contributed by atoms with Crippen molar-refractivity contribution in [3.05, 3.63) is 24.5 Å². The molecule has 0 unspecified atom stereocenters. The van der Waals surface area contributed by atoms with Crippen LogP contribution in [0.4, 0.5) is 0 Å². The molecule has 3 heterocycles. The summed E-state index contributed by atoms with van der Waals surface area (Å²) in [6.07, 6.45) is 3.84. The monoisotopic (exact) mass is 302 g/mol. The van der Waals surface area contributed by atoms with Crippen molar-refractivity contribution in [3.63, 3.8) is 0 Å². The molecule has 6 heteroatoms. The molecule has 0 aromatic carbocycles. The summed E-state index contributed by atoms with van der Waals surface area (Å²) in [5, 5.41) is 1.07. The smallest absolute Gasteiger partial charge is 0.399 e. The van der Waals surface area contributed by atoms with Crippen LogP contribution in [-0.2, 0) is 20.6 Å². The maximum absolute atomic E-state index is 6.16. The highest BCUT2D eigenvalue weighted by Gasteiger charge is 2.52. The third kappa shape index (κ3) is 2.45. The highest BCUT2D eigenvalue weighted by molar-refractivity contribution is 6.65. The molecule has 0 saturated carbocycles. The standard InChI is InChI=1S/C16H23BN2O3/c1-15(2)16(3,4)22-17(21-15)13-6-8-18-14-12(13)7-9-19(14)10-11-20-5/h6-9H,10-11H2,1-5H3. The van der Waals surface area contributed by atoms with Gasteiger partial charge in [-0.2, -0.15) is 0 Å². The van der Waals surface area contributed by atoms with Gasteiger partial charge in [0.15, 0.2) is 0 Å². The lowest BCUT2D eigenvalue weighted by Gasteiger charge is -2.32. The molecule has 0 N–H and O–H groups in total. The molecule has 0 spiro atoms. The van der Waals surface area contributed by atoms with Crippen LogP contribution in [0, 0.1) is 0 Å². The number of hydrogen-bond acceptors (Lipinski definition) is 4. The second-order valence-corrected chi connectivity index (χ2v) is 6.73. The minimum Gasteiger partial charge on any atom is -0.399 e. The predicted molar refractivity (Wildman–Crippen MR) is 87.3 cm³/mol. The van der Waals surface area contributed by atoms with Gasteiger partial charge in [0.25, 0.3) is 0 Å². The van der Waals surface area contributed by atoms with E-state index in [4.69, 9.17) is 14.0 Å². The Balaban J connectivity index is 1.97. The fourth-order valence-corrected chi connectivity index (χ4v) is 2.66. The van der Waals surface area contributed by atoms with Crippen LogP contribution in [0.15, 0.2) is 24.5 Å². The third-order valence-electron chi connectivity index (χ3n) is 4.74. The molecule has 0 radical (unpaired) electrons. The topological polar surface area (TPSA) is 45.5 Å². The molecule has 2 aromatic heterocycles. The molecule has 0 bridgehead atoms. The van der Waals surface area contributed by atoms with Crippen molar-refractivity contribution in [1.82, 2.24) is 9.55 Å². The third-order valence-corrected chi connectivity index (χ3v) is 4.74. The van der Waals surface area contributed by atoms with Gasteiger partial charge in [0.2, 0.25) is 0 Å². The lowest BCUT2D eigenvalue weighted by Crippen LogP contribution is -2.41. The molecular weight excluding hydrogens is 279 g/mol. The van der Waals surface area contributed by atoms with E-state index < -0.39 is 0 Å². The zero-order chi connectivity index (χ0) is 16.0. The van der Waals surface area contributed by atoms with E-state index in [2.05, 4.69) is 43.3 Å². The van der Waals surface area contributed by atoms with Gasteiger partial charge >= 0.3 is 7.12 Å². The quantitative estimate of drug-likeness (QED) is 0.810. The first-order valence-corrected chi connectivity index (χ1v) is 7.64. The van der Waals surface area contributed by atoms with E-state index in [0.29, 0.717) is 6.61 Å². The molecule has 0 aliphatic carbocycles.